The van der Waals surface area contributed by atoms with E-state index in [9.17, 15) is 9.59 Å². The first-order chi connectivity index (χ1) is 6.00. The van der Waals surface area contributed by atoms with Crippen molar-refractivity contribution in [1.82, 2.24) is 0 Å². The van der Waals surface area contributed by atoms with Crippen molar-refractivity contribution >= 4 is 11.9 Å². The van der Waals surface area contributed by atoms with Crippen LogP contribution in [-0.2, 0) is 9.59 Å². The molecule has 74 valence electrons. The molecule has 0 rings (SSSR count). The molecule has 0 aliphatic heterocycles. The van der Waals surface area contributed by atoms with Crippen molar-refractivity contribution in [2.24, 2.45) is 0 Å². The van der Waals surface area contributed by atoms with Crippen LogP contribution in [0.4, 0.5) is 0 Å². The van der Waals surface area contributed by atoms with Crippen LogP contribution in [0.2, 0.25) is 0 Å². The molecular formula is C9H14O4. The predicted molar refractivity (Wildman–Crippen MR) is 47.5 cm³/mol. The maximum atomic E-state index is 10.5. The van der Waals surface area contributed by atoms with E-state index in [0.29, 0.717) is 12.0 Å². The molecule has 0 aromatic carbocycles. The molecule has 0 aliphatic rings. The normalized spacial score (nSPS) is 9.38. The summed E-state index contributed by atoms with van der Waals surface area (Å²) in [6, 6.07) is 0. The minimum atomic E-state index is -1.36. The fourth-order valence-electron chi connectivity index (χ4n) is 1.02. The summed E-state index contributed by atoms with van der Waals surface area (Å²) < 4.78 is 0. The van der Waals surface area contributed by atoms with Gasteiger partial charge >= 0.3 is 11.9 Å². The van der Waals surface area contributed by atoms with E-state index in [1.807, 2.05) is 6.92 Å². The number of carboxylic acids is 2. The molecule has 0 saturated carbocycles. The fraction of sp³-hybridized carbons (Fsp3) is 0.556. The van der Waals surface area contributed by atoms with Gasteiger partial charge in [0.15, 0.2) is 0 Å². The van der Waals surface area contributed by atoms with Crippen LogP contribution in [0.25, 0.3) is 0 Å². The van der Waals surface area contributed by atoms with E-state index in [2.05, 4.69) is 0 Å². The molecule has 0 atom stereocenters. The van der Waals surface area contributed by atoms with Crippen LogP contribution < -0.4 is 0 Å². The molecule has 0 bridgehead atoms. The SMILES string of the molecule is CCCCC(C)=C(C(=O)O)C(=O)O. The lowest BCUT2D eigenvalue weighted by molar-refractivity contribution is -0.140. The Kier molecular flexibility index (Phi) is 4.80. The van der Waals surface area contributed by atoms with E-state index in [-0.39, 0.29) is 0 Å². The molecule has 4 heteroatoms. The molecule has 0 fully saturated rings. The topological polar surface area (TPSA) is 74.6 Å². The van der Waals surface area contributed by atoms with Crippen LogP contribution in [0.15, 0.2) is 11.1 Å². The van der Waals surface area contributed by atoms with Crippen molar-refractivity contribution in [3.05, 3.63) is 11.1 Å². The number of carbonyl (C=O) groups is 2. The second-order valence-corrected chi connectivity index (χ2v) is 2.87. The van der Waals surface area contributed by atoms with E-state index in [1.165, 1.54) is 0 Å². The Morgan fingerprint density at radius 2 is 1.62 bits per heavy atom. The third kappa shape index (κ3) is 3.73. The lowest BCUT2D eigenvalue weighted by Gasteiger charge is -2.02. The average molecular weight is 186 g/mol. The molecule has 0 saturated heterocycles. The number of hydrogen-bond acceptors (Lipinski definition) is 2. The zero-order chi connectivity index (χ0) is 10.4. The number of allylic oxidation sites excluding steroid dienone is 1. The minimum absolute atomic E-state index is 0.432. The number of aliphatic carboxylic acids is 2. The molecule has 0 unspecified atom stereocenters. The third-order valence-electron chi connectivity index (χ3n) is 1.76. The second kappa shape index (κ2) is 5.35. The highest BCUT2D eigenvalue weighted by Gasteiger charge is 2.18. The van der Waals surface area contributed by atoms with Gasteiger partial charge in [0.1, 0.15) is 5.57 Å². The number of carboxylic acid groups (broad SMARTS) is 2. The molecule has 0 heterocycles. The highest BCUT2D eigenvalue weighted by molar-refractivity contribution is 6.13. The zero-order valence-electron chi connectivity index (χ0n) is 7.83. The van der Waals surface area contributed by atoms with Crippen molar-refractivity contribution in [3.8, 4) is 0 Å². The summed E-state index contributed by atoms with van der Waals surface area (Å²) in [4.78, 5) is 21.0. The molecule has 13 heavy (non-hydrogen) atoms. The zero-order valence-corrected chi connectivity index (χ0v) is 7.83. The van der Waals surface area contributed by atoms with Crippen LogP contribution in [0.5, 0.6) is 0 Å². The predicted octanol–water partition coefficient (Wildman–Crippen LogP) is 1.66. The quantitative estimate of drug-likeness (QED) is 0.389. The number of unbranched alkanes of at least 4 members (excludes halogenated alkanes) is 1. The summed E-state index contributed by atoms with van der Waals surface area (Å²) in [6.07, 6.45) is 2.27. The van der Waals surface area contributed by atoms with Crippen LogP contribution in [0, 0.1) is 0 Å². The number of rotatable bonds is 5. The van der Waals surface area contributed by atoms with Crippen molar-refractivity contribution in [2.75, 3.05) is 0 Å². The summed E-state index contributed by atoms with van der Waals surface area (Å²) in [7, 11) is 0. The summed E-state index contributed by atoms with van der Waals surface area (Å²) >= 11 is 0. The van der Waals surface area contributed by atoms with Gasteiger partial charge in [0, 0.05) is 0 Å². The lowest BCUT2D eigenvalue weighted by atomic mass is 10.0. The van der Waals surface area contributed by atoms with Gasteiger partial charge in [-0.3, -0.25) is 0 Å². The maximum Gasteiger partial charge on any atom is 0.343 e. The molecular weight excluding hydrogens is 172 g/mol. The van der Waals surface area contributed by atoms with Crippen LogP contribution in [-0.4, -0.2) is 22.2 Å². The summed E-state index contributed by atoms with van der Waals surface area (Å²) in [5.41, 5.74) is -0.0599. The van der Waals surface area contributed by atoms with Gasteiger partial charge in [-0.1, -0.05) is 18.9 Å². The van der Waals surface area contributed by atoms with Crippen molar-refractivity contribution in [3.63, 3.8) is 0 Å². The standard InChI is InChI=1S/C9H14O4/c1-3-4-5-6(2)7(8(10)11)9(12)13/h3-5H2,1-2H3,(H,10,11)(H,12,13). The van der Waals surface area contributed by atoms with Crippen LogP contribution in [0.1, 0.15) is 33.1 Å². The third-order valence-corrected chi connectivity index (χ3v) is 1.76. The van der Waals surface area contributed by atoms with E-state index < -0.39 is 17.5 Å². The van der Waals surface area contributed by atoms with Crippen molar-refractivity contribution in [1.29, 1.82) is 0 Å². The van der Waals surface area contributed by atoms with Crippen molar-refractivity contribution in [2.45, 2.75) is 33.1 Å². The first kappa shape index (κ1) is 11.7. The molecule has 0 aromatic rings. The van der Waals surface area contributed by atoms with Crippen LogP contribution >= 0.6 is 0 Å². The van der Waals surface area contributed by atoms with Gasteiger partial charge in [-0.05, 0) is 19.8 Å². The molecule has 0 amide bonds. The molecule has 0 aromatic heterocycles. The Labute approximate surface area is 76.9 Å². The Balaban J connectivity index is 4.66. The first-order valence-electron chi connectivity index (χ1n) is 4.17. The van der Waals surface area contributed by atoms with Gasteiger partial charge in [0.05, 0.1) is 0 Å². The molecule has 2 N–H and O–H groups in total. The van der Waals surface area contributed by atoms with Gasteiger partial charge < -0.3 is 10.2 Å². The monoisotopic (exact) mass is 186 g/mol. The fourth-order valence-corrected chi connectivity index (χ4v) is 1.02. The molecule has 0 spiro atoms. The van der Waals surface area contributed by atoms with E-state index >= 15 is 0 Å². The summed E-state index contributed by atoms with van der Waals surface area (Å²) in [6.45, 7) is 3.52. The first-order valence-corrected chi connectivity index (χ1v) is 4.17. The Hall–Kier alpha value is -1.32. The van der Waals surface area contributed by atoms with E-state index in [1.54, 1.807) is 6.92 Å². The average Bonchev–Trinajstić information content (AvgIpc) is 1.99. The van der Waals surface area contributed by atoms with Gasteiger partial charge in [0.25, 0.3) is 0 Å². The molecule has 4 nitrogen and oxygen atoms in total. The highest BCUT2D eigenvalue weighted by atomic mass is 16.4. The van der Waals surface area contributed by atoms with E-state index in [4.69, 9.17) is 10.2 Å². The second-order valence-electron chi connectivity index (χ2n) is 2.87. The Morgan fingerprint density at radius 1 is 1.15 bits per heavy atom. The van der Waals surface area contributed by atoms with Crippen molar-refractivity contribution < 1.29 is 19.8 Å². The van der Waals surface area contributed by atoms with Gasteiger partial charge in [-0.15, -0.1) is 0 Å². The van der Waals surface area contributed by atoms with Gasteiger partial charge in [-0.25, -0.2) is 9.59 Å². The van der Waals surface area contributed by atoms with Crippen LogP contribution in [0.3, 0.4) is 0 Å². The Morgan fingerprint density at radius 3 is 1.92 bits per heavy atom. The Bertz CT molecular complexity index is 224. The molecule has 0 radical (unpaired) electrons. The van der Waals surface area contributed by atoms with Gasteiger partial charge in [0.2, 0.25) is 0 Å². The minimum Gasteiger partial charge on any atom is -0.477 e. The van der Waals surface area contributed by atoms with E-state index in [0.717, 1.165) is 12.8 Å². The molecule has 0 aliphatic carbocycles. The summed E-state index contributed by atoms with van der Waals surface area (Å²) in [5.74, 6) is -2.72. The highest BCUT2D eigenvalue weighted by Crippen LogP contribution is 2.12. The smallest absolute Gasteiger partial charge is 0.343 e. The van der Waals surface area contributed by atoms with Gasteiger partial charge in [-0.2, -0.15) is 0 Å². The largest absolute Gasteiger partial charge is 0.477 e. The lowest BCUT2D eigenvalue weighted by Crippen LogP contribution is -2.13. The maximum absolute atomic E-state index is 10.5. The summed E-state index contributed by atoms with van der Waals surface area (Å²) in [5, 5.41) is 17.1. The number of hydrogen-bond donors (Lipinski definition) is 2.